The van der Waals surface area contributed by atoms with Crippen LogP contribution in [0.5, 0.6) is 0 Å². The SMILES string of the molecule is CC(C(=O)Nc1cccc(C#Cc2cnc(NCCc3ccncc3)nc2N2CCOCC2)c1)N(C)C(=O)C=CCN(C)C. The highest BCUT2D eigenvalue weighted by Gasteiger charge is 2.21. The quantitative estimate of drug-likeness (QED) is 0.255. The van der Waals surface area contributed by atoms with Crippen LogP contribution in [0.25, 0.3) is 0 Å². The fraction of sp³-hybridized carbons (Fsp3) is 0.364. The molecule has 230 valence electrons. The van der Waals surface area contributed by atoms with Gasteiger partial charge in [0.2, 0.25) is 17.8 Å². The lowest BCUT2D eigenvalue weighted by molar-refractivity contribution is -0.132. The number of morpholine rings is 1. The Kier molecular flexibility index (Phi) is 11.8. The number of carbonyl (C=O) groups is 2. The average Bonchev–Trinajstić information content (AvgIpc) is 3.04. The van der Waals surface area contributed by atoms with E-state index in [2.05, 4.69) is 37.3 Å². The lowest BCUT2D eigenvalue weighted by Gasteiger charge is -2.28. The topological polar surface area (TPSA) is 116 Å². The van der Waals surface area contributed by atoms with Gasteiger partial charge >= 0.3 is 0 Å². The van der Waals surface area contributed by atoms with Gasteiger partial charge in [0.15, 0.2) is 0 Å². The van der Waals surface area contributed by atoms with Crippen molar-refractivity contribution in [1.29, 1.82) is 0 Å². The second-order valence-corrected chi connectivity index (χ2v) is 10.7. The Morgan fingerprint density at radius 1 is 1.11 bits per heavy atom. The van der Waals surface area contributed by atoms with E-state index < -0.39 is 6.04 Å². The Labute approximate surface area is 259 Å². The van der Waals surface area contributed by atoms with E-state index in [1.165, 1.54) is 16.5 Å². The highest BCUT2D eigenvalue weighted by Crippen LogP contribution is 2.20. The molecule has 11 nitrogen and oxygen atoms in total. The van der Waals surface area contributed by atoms with E-state index in [1.807, 2.05) is 43.3 Å². The first-order valence-corrected chi connectivity index (χ1v) is 14.6. The molecule has 0 saturated carbocycles. The molecule has 0 spiro atoms. The molecule has 3 aromatic rings. The van der Waals surface area contributed by atoms with Gasteiger partial charge in [0.1, 0.15) is 11.9 Å². The molecule has 2 N–H and O–H groups in total. The van der Waals surface area contributed by atoms with Crippen molar-refractivity contribution in [2.75, 3.05) is 76.1 Å². The molecule has 0 aliphatic carbocycles. The predicted molar refractivity (Wildman–Crippen MR) is 172 cm³/mol. The third-order valence-electron chi connectivity index (χ3n) is 7.04. The van der Waals surface area contributed by atoms with Crippen LogP contribution >= 0.6 is 0 Å². The van der Waals surface area contributed by atoms with Crippen molar-refractivity contribution >= 4 is 29.3 Å². The summed E-state index contributed by atoms with van der Waals surface area (Å²) in [6, 6.07) is 10.6. The molecule has 1 aliphatic rings. The number of ether oxygens (including phenoxy) is 1. The summed E-state index contributed by atoms with van der Waals surface area (Å²) < 4.78 is 5.55. The number of nitrogens with zero attached hydrogens (tertiary/aromatic N) is 6. The van der Waals surface area contributed by atoms with Gasteiger partial charge in [0.25, 0.3) is 0 Å². The maximum atomic E-state index is 12.9. The van der Waals surface area contributed by atoms with Crippen LogP contribution in [0.1, 0.15) is 23.6 Å². The number of nitrogens with one attached hydrogen (secondary N) is 2. The van der Waals surface area contributed by atoms with Gasteiger partial charge < -0.3 is 30.1 Å². The number of likely N-dealkylation sites (N-methyl/N-ethyl adjacent to an activating group) is 2. The summed E-state index contributed by atoms with van der Waals surface area (Å²) in [4.78, 5) is 44.3. The first-order valence-electron chi connectivity index (χ1n) is 14.6. The molecule has 4 rings (SSSR count). The van der Waals surface area contributed by atoms with Gasteiger partial charge in [0.05, 0.1) is 25.0 Å². The first-order chi connectivity index (χ1) is 21.3. The largest absolute Gasteiger partial charge is 0.378 e. The Hall–Kier alpha value is -4.79. The summed E-state index contributed by atoms with van der Waals surface area (Å²) in [7, 11) is 5.46. The van der Waals surface area contributed by atoms with E-state index in [-0.39, 0.29) is 11.8 Å². The van der Waals surface area contributed by atoms with Gasteiger partial charge in [-0.1, -0.05) is 24.0 Å². The highest BCUT2D eigenvalue weighted by atomic mass is 16.5. The molecular weight excluding hydrogens is 556 g/mol. The predicted octanol–water partition coefficient (Wildman–Crippen LogP) is 2.67. The Morgan fingerprint density at radius 2 is 1.89 bits per heavy atom. The zero-order valence-corrected chi connectivity index (χ0v) is 25.8. The number of benzene rings is 1. The molecular formula is C33H40N8O3. The van der Waals surface area contributed by atoms with Gasteiger partial charge in [0, 0.05) is 62.9 Å². The van der Waals surface area contributed by atoms with Gasteiger partial charge in [-0.15, -0.1) is 0 Å². The number of carbonyl (C=O) groups excluding carboxylic acids is 2. The molecule has 3 heterocycles. The van der Waals surface area contributed by atoms with E-state index in [4.69, 9.17) is 9.72 Å². The third-order valence-corrected chi connectivity index (χ3v) is 7.04. The standard InChI is InChI=1S/C33H40N8O3/c1-25(40(4)30(42)9-6-18-39(2)3)32(43)37-29-8-5-7-27(23-29)10-11-28-24-36-33(35-17-14-26-12-15-34-16-13-26)38-31(28)41-19-21-44-22-20-41/h5-9,12-13,15-16,23-25H,14,17-22H2,1-4H3,(H,37,43)(H,35,36,38). The zero-order valence-electron chi connectivity index (χ0n) is 25.8. The Morgan fingerprint density at radius 3 is 2.64 bits per heavy atom. The smallest absolute Gasteiger partial charge is 0.246 e. The van der Waals surface area contributed by atoms with Crippen molar-refractivity contribution in [1.82, 2.24) is 24.8 Å². The molecule has 1 saturated heterocycles. The Balaban J connectivity index is 1.44. The van der Waals surface area contributed by atoms with Crippen molar-refractivity contribution in [3.63, 3.8) is 0 Å². The number of amides is 2. The van der Waals surface area contributed by atoms with Crippen LogP contribution in [0, 0.1) is 11.8 Å². The van der Waals surface area contributed by atoms with Gasteiger partial charge in [-0.05, 0) is 63.3 Å². The minimum absolute atomic E-state index is 0.234. The van der Waals surface area contributed by atoms with E-state index >= 15 is 0 Å². The summed E-state index contributed by atoms with van der Waals surface area (Å²) in [6.07, 6.45) is 9.40. The van der Waals surface area contributed by atoms with E-state index in [1.54, 1.807) is 50.8 Å². The van der Waals surface area contributed by atoms with Gasteiger partial charge in [-0.3, -0.25) is 14.6 Å². The number of aromatic nitrogens is 3. The van der Waals surface area contributed by atoms with Crippen LogP contribution in [0.4, 0.5) is 17.5 Å². The number of hydrogen-bond donors (Lipinski definition) is 2. The van der Waals surface area contributed by atoms with Crippen molar-refractivity contribution in [3.8, 4) is 11.8 Å². The molecule has 1 unspecified atom stereocenters. The highest BCUT2D eigenvalue weighted by molar-refractivity contribution is 5.98. The average molecular weight is 597 g/mol. The van der Waals surface area contributed by atoms with Crippen molar-refractivity contribution in [2.24, 2.45) is 0 Å². The van der Waals surface area contributed by atoms with Crippen LogP contribution < -0.4 is 15.5 Å². The maximum absolute atomic E-state index is 12.9. The van der Waals surface area contributed by atoms with Gasteiger partial charge in [-0.2, -0.15) is 4.98 Å². The molecule has 0 radical (unpaired) electrons. The lowest BCUT2D eigenvalue weighted by Crippen LogP contribution is -2.42. The summed E-state index contributed by atoms with van der Waals surface area (Å²) in [5, 5.41) is 6.22. The lowest BCUT2D eigenvalue weighted by atomic mass is 10.1. The van der Waals surface area contributed by atoms with Crippen LogP contribution in [0.3, 0.4) is 0 Å². The fourth-order valence-corrected chi connectivity index (χ4v) is 4.34. The minimum atomic E-state index is -0.661. The molecule has 1 aromatic carbocycles. The normalized spacial score (nSPS) is 13.7. The molecule has 1 atom stereocenters. The summed E-state index contributed by atoms with van der Waals surface area (Å²) in [6.45, 7) is 5.69. The van der Waals surface area contributed by atoms with Crippen LogP contribution in [-0.4, -0.2) is 103 Å². The monoisotopic (exact) mass is 596 g/mol. The summed E-state index contributed by atoms with van der Waals surface area (Å²) in [5.41, 5.74) is 3.21. The molecule has 11 heteroatoms. The summed E-state index contributed by atoms with van der Waals surface area (Å²) >= 11 is 0. The van der Waals surface area contributed by atoms with Crippen molar-refractivity contribution in [2.45, 2.75) is 19.4 Å². The van der Waals surface area contributed by atoms with E-state index in [0.717, 1.165) is 17.8 Å². The fourth-order valence-electron chi connectivity index (χ4n) is 4.34. The van der Waals surface area contributed by atoms with Crippen LogP contribution in [-0.2, 0) is 20.7 Å². The molecule has 1 aliphatic heterocycles. The zero-order chi connectivity index (χ0) is 31.3. The summed E-state index contributed by atoms with van der Waals surface area (Å²) in [5.74, 6) is 7.21. The minimum Gasteiger partial charge on any atom is -0.378 e. The van der Waals surface area contributed by atoms with Crippen LogP contribution in [0.15, 0.2) is 67.1 Å². The molecule has 2 aromatic heterocycles. The maximum Gasteiger partial charge on any atom is 0.246 e. The van der Waals surface area contributed by atoms with Crippen molar-refractivity contribution < 1.29 is 14.3 Å². The molecule has 1 fully saturated rings. The Bertz CT molecular complexity index is 1490. The van der Waals surface area contributed by atoms with Gasteiger partial charge in [-0.25, -0.2) is 4.98 Å². The first kappa shape index (κ1) is 32.1. The van der Waals surface area contributed by atoms with E-state index in [0.29, 0.717) is 56.6 Å². The molecule has 44 heavy (non-hydrogen) atoms. The number of rotatable bonds is 11. The van der Waals surface area contributed by atoms with Crippen LogP contribution in [0.2, 0.25) is 0 Å². The number of pyridine rings is 1. The molecule has 0 bridgehead atoms. The second kappa shape index (κ2) is 16.2. The number of hydrogen-bond acceptors (Lipinski definition) is 9. The van der Waals surface area contributed by atoms with Crippen molar-refractivity contribution in [3.05, 3.63) is 83.8 Å². The molecule has 2 amide bonds. The number of anilines is 3. The third kappa shape index (κ3) is 9.62. The second-order valence-electron chi connectivity index (χ2n) is 10.7. The van der Waals surface area contributed by atoms with E-state index in [9.17, 15) is 9.59 Å².